The summed E-state index contributed by atoms with van der Waals surface area (Å²) in [7, 11) is 0. The molecule has 2 aromatic rings. The number of nitrogens with one attached hydrogen (secondary N) is 1. The molecule has 0 atom stereocenters. The van der Waals surface area contributed by atoms with Crippen molar-refractivity contribution in [2.75, 3.05) is 11.9 Å². The van der Waals surface area contributed by atoms with Crippen molar-refractivity contribution < 1.29 is 19.1 Å². The molecule has 0 unspecified atom stereocenters. The lowest BCUT2D eigenvalue weighted by Gasteiger charge is -2.10. The summed E-state index contributed by atoms with van der Waals surface area (Å²) in [6.07, 6.45) is 0. The molecule has 0 fully saturated rings. The van der Waals surface area contributed by atoms with Crippen LogP contribution in [0.25, 0.3) is 0 Å². The lowest BCUT2D eigenvalue weighted by molar-refractivity contribution is 0.0660. The van der Waals surface area contributed by atoms with E-state index in [1.165, 1.54) is 6.07 Å². The number of aromatic carboxylic acids is 1. The van der Waals surface area contributed by atoms with E-state index >= 15 is 0 Å². The maximum atomic E-state index is 10.7. The van der Waals surface area contributed by atoms with E-state index in [1.54, 1.807) is 6.07 Å². The Labute approximate surface area is 123 Å². The predicted octanol–water partition coefficient (Wildman–Crippen LogP) is 3.62. The first-order chi connectivity index (χ1) is 10.0. The van der Waals surface area contributed by atoms with Crippen LogP contribution in [0.2, 0.25) is 0 Å². The number of hydrogen-bond acceptors (Lipinski definition) is 4. The number of rotatable bonds is 7. The van der Waals surface area contributed by atoms with E-state index in [0.29, 0.717) is 24.8 Å². The van der Waals surface area contributed by atoms with Gasteiger partial charge in [-0.05, 0) is 30.2 Å². The number of benzene rings is 1. The van der Waals surface area contributed by atoms with Gasteiger partial charge in [-0.15, -0.1) is 0 Å². The van der Waals surface area contributed by atoms with Gasteiger partial charge in [0, 0.05) is 11.8 Å². The molecule has 0 bridgehead atoms. The molecule has 0 amide bonds. The molecule has 5 nitrogen and oxygen atoms in total. The van der Waals surface area contributed by atoms with Crippen molar-refractivity contribution in [3.63, 3.8) is 0 Å². The average Bonchev–Trinajstić information content (AvgIpc) is 2.92. The molecule has 0 aliphatic rings. The molecule has 21 heavy (non-hydrogen) atoms. The molecule has 0 saturated heterocycles. The fourth-order valence-corrected chi connectivity index (χ4v) is 1.74. The second-order valence-electron chi connectivity index (χ2n) is 5.16. The second kappa shape index (κ2) is 6.83. The normalized spacial score (nSPS) is 10.6. The second-order valence-corrected chi connectivity index (χ2v) is 5.16. The highest BCUT2D eigenvalue weighted by Crippen LogP contribution is 2.19. The molecule has 1 aromatic carbocycles. The number of carboxylic acids is 1. The van der Waals surface area contributed by atoms with Crippen molar-refractivity contribution in [1.82, 2.24) is 0 Å². The van der Waals surface area contributed by atoms with Crippen molar-refractivity contribution in [2.45, 2.75) is 20.4 Å². The van der Waals surface area contributed by atoms with Crippen LogP contribution in [0.1, 0.15) is 30.2 Å². The summed E-state index contributed by atoms with van der Waals surface area (Å²) in [6.45, 7) is 5.28. The molecule has 5 heteroatoms. The van der Waals surface area contributed by atoms with E-state index in [9.17, 15) is 4.79 Å². The molecule has 1 aromatic heterocycles. The van der Waals surface area contributed by atoms with Crippen LogP contribution >= 0.6 is 0 Å². The molecule has 0 spiro atoms. The van der Waals surface area contributed by atoms with Gasteiger partial charge in [-0.2, -0.15) is 0 Å². The maximum absolute atomic E-state index is 10.7. The summed E-state index contributed by atoms with van der Waals surface area (Å²) in [6, 6.07) is 10.7. The first kappa shape index (κ1) is 15.0. The van der Waals surface area contributed by atoms with Crippen molar-refractivity contribution in [2.24, 2.45) is 5.92 Å². The van der Waals surface area contributed by atoms with Crippen LogP contribution in [0, 0.1) is 5.92 Å². The van der Waals surface area contributed by atoms with Crippen LogP contribution in [-0.4, -0.2) is 17.7 Å². The maximum Gasteiger partial charge on any atom is 0.371 e. The van der Waals surface area contributed by atoms with Crippen molar-refractivity contribution in [1.29, 1.82) is 0 Å². The van der Waals surface area contributed by atoms with Gasteiger partial charge in [-0.3, -0.25) is 0 Å². The standard InChI is InChI=1S/C16H19NO4/c1-11(2)10-20-13-5-3-4-12(8-13)17-9-14-6-7-15(21-14)16(18)19/h3-8,11,17H,9-10H2,1-2H3,(H,18,19). The highest BCUT2D eigenvalue weighted by atomic mass is 16.5. The van der Waals surface area contributed by atoms with E-state index in [1.807, 2.05) is 24.3 Å². The van der Waals surface area contributed by atoms with Crippen LogP contribution < -0.4 is 10.1 Å². The van der Waals surface area contributed by atoms with Gasteiger partial charge in [0.15, 0.2) is 0 Å². The van der Waals surface area contributed by atoms with Gasteiger partial charge >= 0.3 is 5.97 Å². The smallest absolute Gasteiger partial charge is 0.371 e. The van der Waals surface area contributed by atoms with Gasteiger partial charge in [0.25, 0.3) is 0 Å². The van der Waals surface area contributed by atoms with Crippen LogP contribution in [0.3, 0.4) is 0 Å². The van der Waals surface area contributed by atoms with Crippen LogP contribution in [-0.2, 0) is 6.54 Å². The highest BCUT2D eigenvalue weighted by Gasteiger charge is 2.08. The van der Waals surface area contributed by atoms with Gasteiger partial charge < -0.3 is 19.6 Å². The molecule has 0 aliphatic carbocycles. The minimum Gasteiger partial charge on any atom is -0.493 e. The topological polar surface area (TPSA) is 71.7 Å². The van der Waals surface area contributed by atoms with Gasteiger partial charge in [-0.1, -0.05) is 19.9 Å². The lowest BCUT2D eigenvalue weighted by Crippen LogP contribution is -2.05. The zero-order chi connectivity index (χ0) is 15.2. The molecule has 1 heterocycles. The molecule has 0 aliphatic heterocycles. The Morgan fingerprint density at radius 1 is 1.33 bits per heavy atom. The fraction of sp³-hybridized carbons (Fsp3) is 0.312. The summed E-state index contributed by atoms with van der Waals surface area (Å²) in [4.78, 5) is 10.7. The van der Waals surface area contributed by atoms with E-state index < -0.39 is 5.97 Å². The number of ether oxygens (including phenoxy) is 1. The van der Waals surface area contributed by atoms with Crippen molar-refractivity contribution >= 4 is 11.7 Å². The van der Waals surface area contributed by atoms with E-state index in [0.717, 1.165) is 11.4 Å². The summed E-state index contributed by atoms with van der Waals surface area (Å²) in [5.41, 5.74) is 0.893. The first-order valence-electron chi connectivity index (χ1n) is 6.83. The van der Waals surface area contributed by atoms with E-state index in [2.05, 4.69) is 19.2 Å². The van der Waals surface area contributed by atoms with Crippen molar-refractivity contribution in [3.05, 3.63) is 47.9 Å². The highest BCUT2D eigenvalue weighted by molar-refractivity contribution is 5.84. The van der Waals surface area contributed by atoms with Crippen LogP contribution in [0.15, 0.2) is 40.8 Å². The monoisotopic (exact) mass is 289 g/mol. The van der Waals surface area contributed by atoms with Crippen molar-refractivity contribution in [3.8, 4) is 5.75 Å². The summed E-state index contributed by atoms with van der Waals surface area (Å²) in [5.74, 6) is 0.727. The third-order valence-corrected chi connectivity index (χ3v) is 2.76. The number of hydrogen-bond donors (Lipinski definition) is 2. The largest absolute Gasteiger partial charge is 0.493 e. The zero-order valence-corrected chi connectivity index (χ0v) is 12.1. The van der Waals surface area contributed by atoms with Crippen LogP contribution in [0.4, 0.5) is 5.69 Å². The molecule has 2 N–H and O–H groups in total. The Balaban J connectivity index is 1.93. The Kier molecular flexibility index (Phi) is 4.87. The SMILES string of the molecule is CC(C)COc1cccc(NCc2ccc(C(=O)O)o2)c1. The molecular weight excluding hydrogens is 270 g/mol. The van der Waals surface area contributed by atoms with Gasteiger partial charge in [0.05, 0.1) is 13.2 Å². The minimum atomic E-state index is -1.06. The minimum absolute atomic E-state index is 0.0548. The van der Waals surface area contributed by atoms with Gasteiger partial charge in [0.1, 0.15) is 11.5 Å². The van der Waals surface area contributed by atoms with E-state index in [4.69, 9.17) is 14.3 Å². The average molecular weight is 289 g/mol. The van der Waals surface area contributed by atoms with Crippen LogP contribution in [0.5, 0.6) is 5.75 Å². The summed E-state index contributed by atoms with van der Waals surface area (Å²) >= 11 is 0. The number of carbonyl (C=O) groups is 1. The lowest BCUT2D eigenvalue weighted by atomic mass is 10.2. The third-order valence-electron chi connectivity index (χ3n) is 2.76. The van der Waals surface area contributed by atoms with Gasteiger partial charge in [0.2, 0.25) is 5.76 Å². The Morgan fingerprint density at radius 2 is 2.14 bits per heavy atom. The zero-order valence-electron chi connectivity index (χ0n) is 12.1. The molecule has 0 radical (unpaired) electrons. The number of furan rings is 1. The number of carboxylic acid groups (broad SMARTS) is 1. The quantitative estimate of drug-likeness (QED) is 0.814. The Bertz CT molecular complexity index is 604. The third kappa shape index (κ3) is 4.56. The Morgan fingerprint density at radius 3 is 2.81 bits per heavy atom. The predicted molar refractivity (Wildman–Crippen MR) is 79.8 cm³/mol. The molecule has 112 valence electrons. The molecule has 0 saturated carbocycles. The first-order valence-corrected chi connectivity index (χ1v) is 6.83. The fourth-order valence-electron chi connectivity index (χ4n) is 1.74. The summed E-state index contributed by atoms with van der Waals surface area (Å²) < 4.78 is 10.8. The number of anilines is 1. The van der Waals surface area contributed by atoms with E-state index in [-0.39, 0.29) is 5.76 Å². The Hall–Kier alpha value is -2.43. The molecule has 2 rings (SSSR count). The molecular formula is C16H19NO4. The van der Waals surface area contributed by atoms with Gasteiger partial charge in [-0.25, -0.2) is 4.79 Å². The summed E-state index contributed by atoms with van der Waals surface area (Å²) in [5, 5.41) is 12.0.